The molecule has 2 nitrogen and oxygen atoms in total. The Morgan fingerprint density at radius 2 is 2.31 bits per heavy atom. The monoisotopic (exact) mass is 250 g/mol. The molecule has 1 unspecified atom stereocenters. The van der Waals surface area contributed by atoms with E-state index in [4.69, 9.17) is 0 Å². The highest BCUT2D eigenvalue weighted by Crippen LogP contribution is 2.32. The maximum Gasteiger partial charge on any atom is 0.443 e. The molecule has 1 atom stereocenters. The van der Waals surface area contributed by atoms with Gasteiger partial charge >= 0.3 is 6.18 Å². The molecule has 1 aliphatic rings. The second-order valence-corrected chi connectivity index (χ2v) is 4.92. The van der Waals surface area contributed by atoms with Gasteiger partial charge in [0.25, 0.3) is 0 Å². The third kappa shape index (κ3) is 2.95. The van der Waals surface area contributed by atoms with Crippen LogP contribution in [0.5, 0.6) is 0 Å². The number of hydrogen-bond donors (Lipinski definition) is 1. The Morgan fingerprint density at radius 3 is 2.88 bits per heavy atom. The van der Waals surface area contributed by atoms with Crippen molar-refractivity contribution in [3.63, 3.8) is 0 Å². The number of aromatic nitrogens is 1. The number of rotatable bonds is 2. The van der Waals surface area contributed by atoms with Gasteiger partial charge in [0, 0.05) is 5.38 Å². The number of thiazole rings is 1. The molecule has 90 valence electrons. The van der Waals surface area contributed by atoms with Crippen LogP contribution in [-0.2, 0) is 12.6 Å². The third-order valence-electron chi connectivity index (χ3n) is 2.69. The van der Waals surface area contributed by atoms with Crippen LogP contribution in [0.4, 0.5) is 13.2 Å². The Morgan fingerprint density at radius 1 is 1.50 bits per heavy atom. The molecule has 2 heterocycles. The van der Waals surface area contributed by atoms with Crippen molar-refractivity contribution in [2.75, 3.05) is 13.1 Å². The molecule has 1 aliphatic heterocycles. The number of nitrogens with one attached hydrogen (secondary N) is 1. The van der Waals surface area contributed by atoms with E-state index in [1.54, 1.807) is 0 Å². The van der Waals surface area contributed by atoms with E-state index in [1.165, 1.54) is 5.38 Å². The summed E-state index contributed by atoms with van der Waals surface area (Å²) in [7, 11) is 0. The summed E-state index contributed by atoms with van der Waals surface area (Å²) in [6, 6.07) is 0. The summed E-state index contributed by atoms with van der Waals surface area (Å²) in [4.78, 5) is 3.64. The molecule has 1 aromatic heterocycles. The van der Waals surface area contributed by atoms with Crippen molar-refractivity contribution in [3.8, 4) is 0 Å². The fourth-order valence-electron chi connectivity index (χ4n) is 1.92. The van der Waals surface area contributed by atoms with Crippen LogP contribution in [0.25, 0.3) is 0 Å². The number of piperidine rings is 1. The summed E-state index contributed by atoms with van der Waals surface area (Å²) in [5.74, 6) is 0.428. The van der Waals surface area contributed by atoms with Gasteiger partial charge in [0.05, 0.1) is 5.69 Å². The van der Waals surface area contributed by atoms with Crippen molar-refractivity contribution >= 4 is 11.3 Å². The van der Waals surface area contributed by atoms with Gasteiger partial charge in [-0.15, -0.1) is 11.3 Å². The Balaban J connectivity index is 1.97. The first-order chi connectivity index (χ1) is 7.55. The average molecular weight is 250 g/mol. The van der Waals surface area contributed by atoms with E-state index >= 15 is 0 Å². The molecule has 0 aromatic carbocycles. The number of hydrogen-bond acceptors (Lipinski definition) is 3. The van der Waals surface area contributed by atoms with Crippen LogP contribution in [-0.4, -0.2) is 18.1 Å². The lowest BCUT2D eigenvalue weighted by Gasteiger charge is -2.21. The van der Waals surface area contributed by atoms with Crippen LogP contribution in [0.3, 0.4) is 0 Å². The standard InChI is InChI=1S/C10H13F3N2S/c11-10(12,13)9-15-8(6-16-9)4-7-2-1-3-14-5-7/h6-7,14H,1-5H2. The minimum atomic E-state index is -4.30. The highest BCUT2D eigenvalue weighted by Gasteiger charge is 2.34. The molecule has 1 aromatic rings. The lowest BCUT2D eigenvalue weighted by Crippen LogP contribution is -2.30. The minimum absolute atomic E-state index is 0.428. The first-order valence-electron chi connectivity index (χ1n) is 5.28. The van der Waals surface area contributed by atoms with Gasteiger partial charge < -0.3 is 5.32 Å². The highest BCUT2D eigenvalue weighted by molar-refractivity contribution is 7.09. The third-order valence-corrected chi connectivity index (χ3v) is 3.63. The maximum absolute atomic E-state index is 12.3. The van der Waals surface area contributed by atoms with Crippen molar-refractivity contribution in [1.82, 2.24) is 10.3 Å². The molecular weight excluding hydrogens is 237 g/mol. The largest absolute Gasteiger partial charge is 0.443 e. The molecule has 0 spiro atoms. The minimum Gasteiger partial charge on any atom is -0.316 e. The summed E-state index contributed by atoms with van der Waals surface area (Å²) < 4.78 is 36.9. The van der Waals surface area contributed by atoms with Gasteiger partial charge in [0.1, 0.15) is 0 Å². The average Bonchev–Trinajstić information content (AvgIpc) is 2.67. The molecule has 6 heteroatoms. The van der Waals surface area contributed by atoms with Gasteiger partial charge in [-0.05, 0) is 38.3 Å². The normalized spacial score (nSPS) is 22.3. The smallest absolute Gasteiger partial charge is 0.316 e. The second-order valence-electron chi connectivity index (χ2n) is 4.06. The second kappa shape index (κ2) is 4.71. The van der Waals surface area contributed by atoms with E-state index in [9.17, 15) is 13.2 Å². The van der Waals surface area contributed by atoms with Crippen LogP contribution in [0.1, 0.15) is 23.5 Å². The molecular formula is C10H13F3N2S. The first kappa shape index (κ1) is 11.9. The van der Waals surface area contributed by atoms with Gasteiger partial charge in [-0.2, -0.15) is 13.2 Å². The molecule has 0 bridgehead atoms. The van der Waals surface area contributed by atoms with E-state index < -0.39 is 11.2 Å². The molecule has 1 saturated heterocycles. The molecule has 0 amide bonds. The van der Waals surface area contributed by atoms with Crippen LogP contribution >= 0.6 is 11.3 Å². The lowest BCUT2D eigenvalue weighted by atomic mass is 9.95. The van der Waals surface area contributed by atoms with Crippen LogP contribution in [0.2, 0.25) is 0 Å². The van der Waals surface area contributed by atoms with Gasteiger partial charge in [-0.3, -0.25) is 0 Å². The first-order valence-corrected chi connectivity index (χ1v) is 6.16. The Labute approximate surface area is 95.9 Å². The topological polar surface area (TPSA) is 24.9 Å². The highest BCUT2D eigenvalue weighted by atomic mass is 32.1. The predicted molar refractivity (Wildman–Crippen MR) is 56.4 cm³/mol. The van der Waals surface area contributed by atoms with Gasteiger partial charge in [-0.25, -0.2) is 4.98 Å². The quantitative estimate of drug-likeness (QED) is 0.873. The van der Waals surface area contributed by atoms with E-state index in [1.807, 2.05) is 0 Å². The molecule has 16 heavy (non-hydrogen) atoms. The zero-order chi connectivity index (χ0) is 11.6. The zero-order valence-corrected chi connectivity index (χ0v) is 9.50. The summed E-state index contributed by atoms with van der Waals surface area (Å²) >= 11 is 0.689. The van der Waals surface area contributed by atoms with E-state index in [0.29, 0.717) is 29.4 Å². The predicted octanol–water partition coefficient (Wildman–Crippen LogP) is 2.70. The molecule has 0 saturated carbocycles. The van der Waals surface area contributed by atoms with Crippen molar-refractivity contribution in [2.24, 2.45) is 5.92 Å². The molecule has 2 rings (SSSR count). The Kier molecular flexibility index (Phi) is 3.49. The fraction of sp³-hybridized carbons (Fsp3) is 0.700. The number of nitrogens with zero attached hydrogens (tertiary/aromatic N) is 1. The summed E-state index contributed by atoms with van der Waals surface area (Å²) in [6.07, 6.45) is -1.47. The Bertz CT molecular complexity index is 342. The van der Waals surface area contributed by atoms with Crippen molar-refractivity contribution in [1.29, 1.82) is 0 Å². The molecule has 0 radical (unpaired) electrons. The van der Waals surface area contributed by atoms with Crippen LogP contribution in [0.15, 0.2) is 5.38 Å². The summed E-state index contributed by atoms with van der Waals surface area (Å²) in [5, 5.41) is 4.04. The Hall–Kier alpha value is -0.620. The van der Waals surface area contributed by atoms with Gasteiger partial charge in [0.15, 0.2) is 5.01 Å². The number of alkyl halides is 3. The molecule has 1 N–H and O–H groups in total. The van der Waals surface area contributed by atoms with Crippen molar-refractivity contribution < 1.29 is 13.2 Å². The van der Waals surface area contributed by atoms with E-state index in [-0.39, 0.29) is 0 Å². The van der Waals surface area contributed by atoms with Crippen LogP contribution in [0, 0.1) is 5.92 Å². The molecule has 1 fully saturated rings. The number of halogens is 3. The summed E-state index contributed by atoms with van der Waals surface area (Å²) in [6.45, 7) is 1.90. The fourth-order valence-corrected chi connectivity index (χ4v) is 2.63. The molecule has 0 aliphatic carbocycles. The van der Waals surface area contributed by atoms with Gasteiger partial charge in [0.2, 0.25) is 0 Å². The SMILES string of the molecule is FC(F)(F)c1nc(CC2CCCNC2)cs1. The van der Waals surface area contributed by atoms with E-state index in [0.717, 1.165) is 25.9 Å². The van der Waals surface area contributed by atoms with Crippen molar-refractivity contribution in [2.45, 2.75) is 25.4 Å². The maximum atomic E-state index is 12.3. The van der Waals surface area contributed by atoms with Gasteiger partial charge in [-0.1, -0.05) is 0 Å². The summed E-state index contributed by atoms with van der Waals surface area (Å²) in [5.41, 5.74) is 0.575. The van der Waals surface area contributed by atoms with Crippen molar-refractivity contribution in [3.05, 3.63) is 16.1 Å². The lowest BCUT2D eigenvalue weighted by molar-refractivity contribution is -0.137. The van der Waals surface area contributed by atoms with Crippen LogP contribution < -0.4 is 5.32 Å². The zero-order valence-electron chi connectivity index (χ0n) is 8.68. The van der Waals surface area contributed by atoms with E-state index in [2.05, 4.69) is 10.3 Å².